The van der Waals surface area contributed by atoms with Crippen LogP contribution in [0.4, 0.5) is 4.39 Å². The summed E-state index contributed by atoms with van der Waals surface area (Å²) in [5.41, 5.74) is 5.54. The van der Waals surface area contributed by atoms with E-state index >= 15 is 0 Å². The minimum Gasteiger partial charge on any atom is -0.369 e. The Morgan fingerprint density at radius 1 is 1.57 bits per heavy atom. The maximum Gasteiger partial charge on any atom is 0.227 e. The summed E-state index contributed by atoms with van der Waals surface area (Å²) < 4.78 is 13.9. The number of hydrogen-bond acceptors (Lipinski definition) is 2. The van der Waals surface area contributed by atoms with Crippen LogP contribution >= 0.6 is 27.7 Å². The van der Waals surface area contributed by atoms with Crippen molar-refractivity contribution in [1.82, 2.24) is 0 Å². The molecule has 0 spiro atoms. The molecule has 2 N–H and O–H groups in total. The molecule has 14 heavy (non-hydrogen) atoms. The van der Waals surface area contributed by atoms with Crippen LogP contribution in [0.5, 0.6) is 0 Å². The first kappa shape index (κ1) is 11.5. The molecule has 0 heterocycles. The number of primary amides is 1. The van der Waals surface area contributed by atoms with Gasteiger partial charge in [-0.2, -0.15) is 0 Å². The second-order valence-electron chi connectivity index (χ2n) is 2.69. The molecule has 0 aliphatic rings. The fourth-order valence-corrected chi connectivity index (χ4v) is 1.99. The zero-order chi connectivity index (χ0) is 10.6. The van der Waals surface area contributed by atoms with Gasteiger partial charge in [-0.25, -0.2) is 4.39 Å². The third kappa shape index (κ3) is 3.67. The highest BCUT2D eigenvalue weighted by Gasteiger charge is 2.03. The number of halogens is 2. The summed E-state index contributed by atoms with van der Waals surface area (Å²) in [6.45, 7) is 0. The fraction of sp³-hybridized carbons (Fsp3) is 0.222. The van der Waals surface area contributed by atoms with E-state index in [1.807, 2.05) is 0 Å². The minimum atomic E-state index is -0.382. The first-order valence-corrected chi connectivity index (χ1v) is 5.84. The third-order valence-corrected chi connectivity index (χ3v) is 3.01. The summed E-state index contributed by atoms with van der Waals surface area (Å²) >= 11 is 4.47. The smallest absolute Gasteiger partial charge is 0.227 e. The molecule has 0 radical (unpaired) electrons. The van der Waals surface area contributed by atoms with Crippen molar-refractivity contribution < 1.29 is 9.18 Å². The molecule has 0 aromatic heterocycles. The summed E-state index contributed by atoms with van der Waals surface area (Å²) in [5.74, 6) is 0.0289. The van der Waals surface area contributed by atoms with Crippen LogP contribution in [0.15, 0.2) is 22.7 Å². The van der Waals surface area contributed by atoms with Crippen molar-refractivity contribution in [3.8, 4) is 0 Å². The summed E-state index contributed by atoms with van der Waals surface area (Å²) in [6, 6.07) is 4.86. The molecule has 0 unspecified atom stereocenters. The molecule has 2 nitrogen and oxygen atoms in total. The quantitative estimate of drug-likeness (QED) is 0.918. The molecule has 5 heteroatoms. The first-order chi connectivity index (χ1) is 6.59. The topological polar surface area (TPSA) is 43.1 Å². The number of nitrogens with two attached hydrogens (primary N) is 1. The molecule has 1 aromatic carbocycles. The van der Waals surface area contributed by atoms with Crippen LogP contribution in [0, 0.1) is 5.82 Å². The molecule has 1 amide bonds. The lowest BCUT2D eigenvalue weighted by Gasteiger charge is -2.02. The zero-order valence-electron chi connectivity index (χ0n) is 7.30. The average molecular weight is 278 g/mol. The highest BCUT2D eigenvalue weighted by atomic mass is 79.9. The summed E-state index contributed by atoms with van der Waals surface area (Å²) in [6.07, 6.45) is 0. The molecular formula is C9H9BrFNOS. The fourth-order valence-electron chi connectivity index (χ4n) is 0.900. The number of benzene rings is 1. The van der Waals surface area contributed by atoms with Gasteiger partial charge in [-0.3, -0.25) is 4.79 Å². The van der Waals surface area contributed by atoms with Gasteiger partial charge in [-0.05, 0) is 17.7 Å². The molecule has 0 saturated carbocycles. The van der Waals surface area contributed by atoms with Gasteiger partial charge in [0.1, 0.15) is 5.82 Å². The van der Waals surface area contributed by atoms with Gasteiger partial charge in [0, 0.05) is 10.2 Å². The van der Waals surface area contributed by atoms with E-state index in [-0.39, 0.29) is 17.5 Å². The lowest BCUT2D eigenvalue weighted by Crippen LogP contribution is -2.13. The normalized spacial score (nSPS) is 10.1. The average Bonchev–Trinajstić information content (AvgIpc) is 2.08. The van der Waals surface area contributed by atoms with Gasteiger partial charge in [0.05, 0.1) is 5.75 Å². The van der Waals surface area contributed by atoms with Gasteiger partial charge in [0.25, 0.3) is 0 Å². The highest BCUT2D eigenvalue weighted by Crippen LogP contribution is 2.19. The number of carbonyl (C=O) groups excluding carboxylic acids is 1. The van der Waals surface area contributed by atoms with Crippen molar-refractivity contribution in [3.63, 3.8) is 0 Å². The molecule has 0 fully saturated rings. The number of amides is 1. The maximum absolute atomic E-state index is 13.2. The largest absolute Gasteiger partial charge is 0.369 e. The van der Waals surface area contributed by atoms with Crippen LogP contribution in [0.1, 0.15) is 5.56 Å². The predicted octanol–water partition coefficient (Wildman–Crippen LogP) is 2.31. The van der Waals surface area contributed by atoms with Crippen LogP contribution in [0.3, 0.4) is 0 Å². The first-order valence-electron chi connectivity index (χ1n) is 3.89. The standard InChI is InChI=1S/C9H9BrFNOS/c10-7-2-1-6(8(11)3-7)4-14-5-9(12)13/h1-3H,4-5H2,(H2,12,13). The predicted molar refractivity (Wildman–Crippen MR) is 59.5 cm³/mol. The van der Waals surface area contributed by atoms with Gasteiger partial charge in [0.2, 0.25) is 5.91 Å². The number of carbonyl (C=O) groups is 1. The van der Waals surface area contributed by atoms with Gasteiger partial charge in [-0.1, -0.05) is 22.0 Å². The Balaban J connectivity index is 2.55. The Kier molecular flexibility index (Phi) is 4.41. The van der Waals surface area contributed by atoms with Gasteiger partial charge in [0.15, 0.2) is 0 Å². The van der Waals surface area contributed by atoms with Gasteiger partial charge in [-0.15, -0.1) is 11.8 Å². The van der Waals surface area contributed by atoms with Gasteiger partial charge < -0.3 is 5.73 Å². The zero-order valence-corrected chi connectivity index (χ0v) is 9.70. The summed E-state index contributed by atoms with van der Waals surface area (Å²) in [5, 5.41) is 0. The van der Waals surface area contributed by atoms with Crippen molar-refractivity contribution in [2.75, 3.05) is 5.75 Å². The highest BCUT2D eigenvalue weighted by molar-refractivity contribution is 9.10. The number of rotatable bonds is 4. The van der Waals surface area contributed by atoms with Crippen LogP contribution in [0.25, 0.3) is 0 Å². The summed E-state index contributed by atoms with van der Waals surface area (Å²) in [7, 11) is 0. The van der Waals surface area contributed by atoms with Crippen LogP contribution < -0.4 is 5.73 Å². The Labute approximate surface area is 94.2 Å². The molecule has 1 aromatic rings. The Morgan fingerprint density at radius 2 is 2.29 bits per heavy atom. The molecule has 0 saturated heterocycles. The van der Waals surface area contributed by atoms with Crippen molar-refractivity contribution >= 4 is 33.6 Å². The van der Waals surface area contributed by atoms with E-state index in [4.69, 9.17) is 5.73 Å². The van der Waals surface area contributed by atoms with Crippen LogP contribution in [-0.2, 0) is 10.5 Å². The van der Waals surface area contributed by atoms with Crippen molar-refractivity contribution in [1.29, 1.82) is 0 Å². The second kappa shape index (κ2) is 5.36. The molecule has 1 rings (SSSR count). The lowest BCUT2D eigenvalue weighted by atomic mass is 10.2. The Bertz CT molecular complexity index is 346. The lowest BCUT2D eigenvalue weighted by molar-refractivity contribution is -0.115. The Morgan fingerprint density at radius 3 is 2.86 bits per heavy atom. The van der Waals surface area contributed by atoms with Crippen LogP contribution in [0.2, 0.25) is 0 Å². The van der Waals surface area contributed by atoms with E-state index in [0.29, 0.717) is 15.8 Å². The van der Waals surface area contributed by atoms with E-state index in [0.717, 1.165) is 0 Å². The molecule has 76 valence electrons. The Hall–Kier alpha value is -0.550. The number of hydrogen-bond donors (Lipinski definition) is 1. The minimum absolute atomic E-state index is 0.218. The van der Waals surface area contributed by atoms with E-state index in [9.17, 15) is 9.18 Å². The van der Waals surface area contributed by atoms with E-state index < -0.39 is 0 Å². The molecule has 0 bridgehead atoms. The second-order valence-corrected chi connectivity index (χ2v) is 4.60. The van der Waals surface area contributed by atoms with Gasteiger partial charge >= 0.3 is 0 Å². The SMILES string of the molecule is NC(=O)CSCc1ccc(Br)cc1F. The van der Waals surface area contributed by atoms with E-state index in [1.54, 1.807) is 12.1 Å². The number of thioether (sulfide) groups is 1. The van der Waals surface area contributed by atoms with Crippen molar-refractivity contribution in [2.24, 2.45) is 5.73 Å². The molecule has 0 aliphatic carbocycles. The van der Waals surface area contributed by atoms with E-state index in [2.05, 4.69) is 15.9 Å². The maximum atomic E-state index is 13.2. The van der Waals surface area contributed by atoms with E-state index in [1.165, 1.54) is 17.8 Å². The monoisotopic (exact) mass is 277 g/mol. The molecular weight excluding hydrogens is 269 g/mol. The molecule has 0 atom stereocenters. The summed E-state index contributed by atoms with van der Waals surface area (Å²) in [4.78, 5) is 10.4. The van der Waals surface area contributed by atoms with Crippen LogP contribution in [-0.4, -0.2) is 11.7 Å². The van der Waals surface area contributed by atoms with Crippen molar-refractivity contribution in [2.45, 2.75) is 5.75 Å². The van der Waals surface area contributed by atoms with Crippen molar-refractivity contribution in [3.05, 3.63) is 34.1 Å². The molecule has 0 aliphatic heterocycles. The third-order valence-electron chi connectivity index (χ3n) is 1.52.